The highest BCUT2D eigenvalue weighted by Gasteiger charge is 2.03. The van der Waals surface area contributed by atoms with E-state index >= 15 is 0 Å². The van der Waals surface area contributed by atoms with Crippen LogP contribution in [0.25, 0.3) is 11.3 Å². The molecule has 1 aromatic heterocycles. The Bertz CT molecular complexity index is 1080. The molecule has 0 bridgehead atoms. The maximum atomic E-state index is 5.84. The summed E-state index contributed by atoms with van der Waals surface area (Å²) in [5.74, 6) is 1.46. The quantitative estimate of drug-likeness (QED) is 0.256. The Balaban J connectivity index is 1.40. The van der Waals surface area contributed by atoms with E-state index in [9.17, 15) is 0 Å². The Kier molecular flexibility index (Phi) is 5.31. The van der Waals surface area contributed by atoms with Gasteiger partial charge in [0, 0.05) is 16.6 Å². The standard InChI is InChI=1S/C22H18N4OS/c23-18-9-11-19(12-10-18)27-20-8-4-5-16(13-20)14-24-26-22-25-21(15-28-22)17-6-2-1-3-7-17/h1-15H,23H2,(H,25,26). The van der Waals surface area contributed by atoms with Crippen LogP contribution >= 0.6 is 11.3 Å². The lowest BCUT2D eigenvalue weighted by Crippen LogP contribution is -1.91. The summed E-state index contributed by atoms with van der Waals surface area (Å²) >= 11 is 1.51. The van der Waals surface area contributed by atoms with E-state index in [1.54, 1.807) is 6.21 Å². The fourth-order valence-electron chi connectivity index (χ4n) is 2.56. The van der Waals surface area contributed by atoms with Crippen LogP contribution in [0.15, 0.2) is 89.3 Å². The van der Waals surface area contributed by atoms with Crippen LogP contribution in [0, 0.1) is 0 Å². The lowest BCUT2D eigenvalue weighted by atomic mass is 10.2. The van der Waals surface area contributed by atoms with Gasteiger partial charge in [-0.1, -0.05) is 42.5 Å². The largest absolute Gasteiger partial charge is 0.457 e. The molecule has 4 rings (SSSR count). The van der Waals surface area contributed by atoms with E-state index < -0.39 is 0 Å². The predicted octanol–water partition coefficient (Wildman–Crippen LogP) is 5.63. The van der Waals surface area contributed by atoms with E-state index in [0.29, 0.717) is 5.69 Å². The summed E-state index contributed by atoms with van der Waals surface area (Å²) in [6.07, 6.45) is 1.74. The molecule has 6 heteroatoms. The molecule has 0 radical (unpaired) electrons. The molecule has 3 aromatic carbocycles. The molecule has 28 heavy (non-hydrogen) atoms. The number of nitrogens with two attached hydrogens (primary N) is 1. The number of nitrogen functional groups attached to an aromatic ring is 1. The van der Waals surface area contributed by atoms with Crippen LogP contribution in [0.5, 0.6) is 11.5 Å². The minimum absolute atomic E-state index is 0.705. The molecule has 4 aromatic rings. The van der Waals surface area contributed by atoms with Crippen LogP contribution < -0.4 is 15.9 Å². The Morgan fingerprint density at radius 2 is 1.75 bits per heavy atom. The molecule has 0 fully saturated rings. The summed E-state index contributed by atoms with van der Waals surface area (Å²) in [6, 6.07) is 25.0. The molecule has 0 aliphatic rings. The zero-order valence-electron chi connectivity index (χ0n) is 14.9. The third-order valence-electron chi connectivity index (χ3n) is 3.92. The molecule has 1 heterocycles. The van der Waals surface area contributed by atoms with Crippen LogP contribution in [0.4, 0.5) is 10.8 Å². The van der Waals surface area contributed by atoms with Gasteiger partial charge >= 0.3 is 0 Å². The number of nitrogens with one attached hydrogen (secondary N) is 1. The second-order valence-corrected chi connectivity index (χ2v) is 6.88. The highest BCUT2D eigenvalue weighted by Crippen LogP contribution is 2.25. The highest BCUT2D eigenvalue weighted by atomic mass is 32.1. The van der Waals surface area contributed by atoms with Gasteiger partial charge in [0.05, 0.1) is 11.9 Å². The number of thiazole rings is 1. The van der Waals surface area contributed by atoms with Crippen molar-refractivity contribution >= 4 is 28.4 Å². The number of benzene rings is 3. The second kappa shape index (κ2) is 8.37. The highest BCUT2D eigenvalue weighted by molar-refractivity contribution is 7.14. The fourth-order valence-corrected chi connectivity index (χ4v) is 3.23. The first-order valence-corrected chi connectivity index (χ1v) is 9.58. The fraction of sp³-hybridized carbons (Fsp3) is 0. The van der Waals surface area contributed by atoms with Crippen LogP contribution in [0.1, 0.15) is 5.56 Å². The van der Waals surface area contributed by atoms with Gasteiger partial charge in [0.25, 0.3) is 0 Å². The maximum absolute atomic E-state index is 5.84. The number of ether oxygens (including phenoxy) is 1. The first kappa shape index (κ1) is 17.8. The lowest BCUT2D eigenvalue weighted by molar-refractivity contribution is 0.482. The van der Waals surface area contributed by atoms with Crippen molar-refractivity contribution in [1.82, 2.24) is 4.98 Å². The molecule has 0 aliphatic heterocycles. The van der Waals surface area contributed by atoms with E-state index in [0.717, 1.165) is 33.5 Å². The monoisotopic (exact) mass is 386 g/mol. The van der Waals surface area contributed by atoms with E-state index in [2.05, 4.69) is 15.5 Å². The SMILES string of the molecule is Nc1ccc(Oc2cccc(C=NNc3nc(-c4ccccc4)cs3)c2)cc1. The van der Waals surface area contributed by atoms with Crippen molar-refractivity contribution in [2.24, 2.45) is 5.10 Å². The summed E-state index contributed by atoms with van der Waals surface area (Å²) in [4.78, 5) is 4.55. The zero-order chi connectivity index (χ0) is 19.2. The van der Waals surface area contributed by atoms with Gasteiger partial charge in [0.15, 0.2) is 0 Å². The van der Waals surface area contributed by atoms with Gasteiger partial charge in [-0.25, -0.2) is 4.98 Å². The molecule has 0 spiro atoms. The van der Waals surface area contributed by atoms with Crippen molar-refractivity contribution in [3.8, 4) is 22.8 Å². The molecular weight excluding hydrogens is 368 g/mol. The summed E-state index contributed by atoms with van der Waals surface area (Å²) in [5.41, 5.74) is 12.3. The number of hydrogen-bond donors (Lipinski definition) is 2. The summed E-state index contributed by atoms with van der Waals surface area (Å²) in [5, 5.41) is 7.03. The number of rotatable bonds is 6. The molecule has 0 saturated carbocycles. The van der Waals surface area contributed by atoms with Crippen LogP contribution in [0.2, 0.25) is 0 Å². The molecule has 0 unspecified atom stereocenters. The average Bonchev–Trinajstić information content (AvgIpc) is 3.20. The molecule has 0 aliphatic carbocycles. The summed E-state index contributed by atoms with van der Waals surface area (Å²) in [6.45, 7) is 0. The Morgan fingerprint density at radius 3 is 2.57 bits per heavy atom. The summed E-state index contributed by atoms with van der Waals surface area (Å²) < 4.78 is 5.84. The van der Waals surface area contributed by atoms with Gasteiger partial charge in [-0.2, -0.15) is 5.10 Å². The van der Waals surface area contributed by atoms with E-state index in [1.165, 1.54) is 11.3 Å². The summed E-state index contributed by atoms with van der Waals surface area (Å²) in [7, 11) is 0. The predicted molar refractivity (Wildman–Crippen MR) is 116 cm³/mol. The van der Waals surface area contributed by atoms with Gasteiger partial charge < -0.3 is 10.5 Å². The molecular formula is C22H18N4OS. The second-order valence-electron chi connectivity index (χ2n) is 6.02. The number of nitrogens with zero attached hydrogens (tertiary/aromatic N) is 2. The Labute approximate surface area is 167 Å². The smallest absolute Gasteiger partial charge is 0.203 e. The van der Waals surface area contributed by atoms with E-state index in [4.69, 9.17) is 10.5 Å². The number of aromatic nitrogens is 1. The Hall–Kier alpha value is -3.64. The lowest BCUT2D eigenvalue weighted by Gasteiger charge is -2.06. The normalized spacial score (nSPS) is 10.9. The molecule has 3 N–H and O–H groups in total. The molecule has 0 saturated heterocycles. The topological polar surface area (TPSA) is 72.5 Å². The van der Waals surface area contributed by atoms with Gasteiger partial charge in [-0.15, -0.1) is 11.3 Å². The van der Waals surface area contributed by atoms with Crippen LogP contribution in [0.3, 0.4) is 0 Å². The first-order valence-electron chi connectivity index (χ1n) is 8.70. The maximum Gasteiger partial charge on any atom is 0.203 e. The van der Waals surface area contributed by atoms with Gasteiger partial charge in [-0.05, 0) is 42.0 Å². The number of hydrogen-bond acceptors (Lipinski definition) is 6. The van der Waals surface area contributed by atoms with E-state index in [-0.39, 0.29) is 0 Å². The van der Waals surface area contributed by atoms with Crippen LogP contribution in [-0.4, -0.2) is 11.2 Å². The van der Waals surface area contributed by atoms with Crippen molar-refractivity contribution in [2.45, 2.75) is 0 Å². The Morgan fingerprint density at radius 1 is 0.929 bits per heavy atom. The zero-order valence-corrected chi connectivity index (χ0v) is 15.8. The van der Waals surface area contributed by atoms with E-state index in [1.807, 2.05) is 84.2 Å². The van der Waals surface area contributed by atoms with Crippen LogP contribution in [-0.2, 0) is 0 Å². The third-order valence-corrected chi connectivity index (χ3v) is 4.67. The molecule has 138 valence electrons. The number of hydrazone groups is 1. The molecule has 0 atom stereocenters. The van der Waals surface area contributed by atoms with Crippen molar-refractivity contribution in [1.29, 1.82) is 0 Å². The molecule has 0 amide bonds. The van der Waals surface area contributed by atoms with Crippen molar-refractivity contribution in [3.05, 3.63) is 89.8 Å². The van der Waals surface area contributed by atoms with Crippen molar-refractivity contribution in [2.75, 3.05) is 11.2 Å². The van der Waals surface area contributed by atoms with Gasteiger partial charge in [0.2, 0.25) is 5.13 Å². The average molecular weight is 386 g/mol. The number of anilines is 2. The van der Waals surface area contributed by atoms with Crippen molar-refractivity contribution in [3.63, 3.8) is 0 Å². The first-order chi connectivity index (χ1) is 13.8. The minimum Gasteiger partial charge on any atom is -0.457 e. The van der Waals surface area contributed by atoms with Crippen molar-refractivity contribution < 1.29 is 4.74 Å². The molecule has 5 nitrogen and oxygen atoms in total. The third kappa shape index (κ3) is 4.55. The minimum atomic E-state index is 0.705. The van der Waals surface area contributed by atoms with Gasteiger partial charge in [-0.3, -0.25) is 5.43 Å². The van der Waals surface area contributed by atoms with Gasteiger partial charge in [0.1, 0.15) is 11.5 Å².